The van der Waals surface area contributed by atoms with Crippen LogP contribution >= 0.6 is 0 Å². The van der Waals surface area contributed by atoms with Crippen LogP contribution in [0.1, 0.15) is 27.2 Å². The summed E-state index contributed by atoms with van der Waals surface area (Å²) in [5.74, 6) is -0.0840. The van der Waals surface area contributed by atoms with Crippen LogP contribution in [0.5, 0.6) is 0 Å². The molecule has 0 spiro atoms. The molecule has 2 heterocycles. The molecule has 0 saturated heterocycles. The van der Waals surface area contributed by atoms with Crippen LogP contribution in [0, 0.1) is 0 Å². The topological polar surface area (TPSA) is 67.0 Å². The summed E-state index contributed by atoms with van der Waals surface area (Å²) in [5.41, 5.74) is 3.82. The minimum Gasteiger partial charge on any atom is -0.372 e. The first kappa shape index (κ1) is 11.0. The summed E-state index contributed by atoms with van der Waals surface area (Å²) in [6.07, 6.45) is 3.28. The minimum absolute atomic E-state index is 0.0840. The van der Waals surface area contributed by atoms with Crippen LogP contribution in [0.3, 0.4) is 0 Å². The van der Waals surface area contributed by atoms with Gasteiger partial charge >= 0.3 is 0 Å². The van der Waals surface area contributed by atoms with E-state index in [-0.39, 0.29) is 5.91 Å². The molecular weight excluding hydrogens is 230 g/mol. The number of rotatable bonds is 3. The van der Waals surface area contributed by atoms with E-state index in [1.165, 1.54) is 5.56 Å². The number of nitrogens with one attached hydrogen (secondary N) is 2. The zero-order valence-corrected chi connectivity index (χ0v) is 9.77. The lowest BCUT2D eigenvalue weighted by molar-refractivity contribution is 0.0950. The molecule has 0 fully saturated rings. The van der Waals surface area contributed by atoms with E-state index in [0.717, 1.165) is 11.3 Å². The molecule has 0 atom stereocenters. The van der Waals surface area contributed by atoms with Crippen molar-refractivity contribution in [1.29, 1.82) is 0 Å². The van der Waals surface area contributed by atoms with Crippen LogP contribution in [0.25, 0.3) is 0 Å². The van der Waals surface area contributed by atoms with Crippen LogP contribution in [0.4, 0.5) is 0 Å². The van der Waals surface area contributed by atoms with E-state index in [1.54, 1.807) is 12.5 Å². The third kappa shape index (κ3) is 2.12. The Morgan fingerprint density at radius 1 is 1.39 bits per heavy atom. The van der Waals surface area contributed by atoms with Crippen molar-refractivity contribution in [2.24, 2.45) is 0 Å². The quantitative estimate of drug-likeness (QED) is 0.855. The van der Waals surface area contributed by atoms with Gasteiger partial charge in [-0.05, 0) is 23.3 Å². The van der Waals surface area contributed by atoms with Gasteiger partial charge in [-0.1, -0.05) is 6.07 Å². The highest BCUT2D eigenvalue weighted by molar-refractivity contribution is 5.94. The summed E-state index contributed by atoms with van der Waals surface area (Å²) in [5, 5.41) is 2.84. The summed E-state index contributed by atoms with van der Waals surface area (Å²) in [6, 6.07) is 5.67. The second-order valence-electron chi connectivity index (χ2n) is 4.24. The van der Waals surface area contributed by atoms with Crippen molar-refractivity contribution in [3.05, 3.63) is 53.1 Å². The molecule has 0 aliphatic carbocycles. The maximum absolute atomic E-state index is 12.0. The van der Waals surface area contributed by atoms with Crippen LogP contribution in [-0.4, -0.2) is 15.9 Å². The number of fused-ring (bicyclic) bond motifs is 1. The van der Waals surface area contributed by atoms with Gasteiger partial charge in [0.15, 0.2) is 0 Å². The molecule has 18 heavy (non-hydrogen) atoms. The summed E-state index contributed by atoms with van der Waals surface area (Å²) in [4.78, 5) is 18.8. The molecular formula is C13H13N3O2. The van der Waals surface area contributed by atoms with Crippen molar-refractivity contribution >= 4 is 5.91 Å². The lowest BCUT2D eigenvalue weighted by Gasteiger charge is -2.05. The van der Waals surface area contributed by atoms with Crippen LogP contribution < -0.4 is 5.32 Å². The van der Waals surface area contributed by atoms with E-state index in [0.29, 0.717) is 25.3 Å². The number of aromatic nitrogens is 2. The molecule has 1 aromatic heterocycles. The summed E-state index contributed by atoms with van der Waals surface area (Å²) < 4.78 is 5.32. The largest absolute Gasteiger partial charge is 0.372 e. The number of benzene rings is 1. The van der Waals surface area contributed by atoms with Crippen LogP contribution in [-0.2, 0) is 24.5 Å². The molecule has 1 aliphatic rings. The van der Waals surface area contributed by atoms with Crippen molar-refractivity contribution in [3.63, 3.8) is 0 Å². The maximum Gasteiger partial charge on any atom is 0.251 e. The van der Waals surface area contributed by atoms with Crippen molar-refractivity contribution in [2.75, 3.05) is 0 Å². The molecule has 0 saturated carbocycles. The zero-order chi connectivity index (χ0) is 12.4. The Morgan fingerprint density at radius 3 is 3.11 bits per heavy atom. The van der Waals surface area contributed by atoms with Gasteiger partial charge in [-0.3, -0.25) is 4.79 Å². The molecule has 1 amide bonds. The number of H-pyrrole nitrogens is 1. The van der Waals surface area contributed by atoms with Gasteiger partial charge in [-0.15, -0.1) is 0 Å². The smallest absolute Gasteiger partial charge is 0.251 e. The lowest BCUT2D eigenvalue weighted by Crippen LogP contribution is -2.23. The molecule has 5 heteroatoms. The fourth-order valence-electron chi connectivity index (χ4n) is 1.97. The number of nitrogens with zero attached hydrogens (tertiary/aromatic N) is 1. The van der Waals surface area contributed by atoms with E-state index in [2.05, 4.69) is 15.3 Å². The second kappa shape index (κ2) is 4.62. The van der Waals surface area contributed by atoms with Crippen LogP contribution in [0.15, 0.2) is 30.7 Å². The third-order valence-corrected chi connectivity index (χ3v) is 2.98. The molecule has 2 aromatic rings. The van der Waals surface area contributed by atoms with Gasteiger partial charge in [-0.2, -0.15) is 0 Å². The molecule has 1 aliphatic heterocycles. The molecule has 3 rings (SSSR count). The highest BCUT2D eigenvalue weighted by Crippen LogP contribution is 2.20. The molecule has 1 aromatic carbocycles. The van der Waals surface area contributed by atoms with E-state index >= 15 is 0 Å². The van der Waals surface area contributed by atoms with E-state index in [1.807, 2.05) is 18.2 Å². The number of imidazole rings is 1. The van der Waals surface area contributed by atoms with Crippen molar-refractivity contribution in [1.82, 2.24) is 15.3 Å². The average molecular weight is 243 g/mol. The number of carbonyl (C=O) groups is 1. The fraction of sp³-hybridized carbons (Fsp3) is 0.231. The Morgan fingerprint density at radius 2 is 2.28 bits per heavy atom. The zero-order valence-electron chi connectivity index (χ0n) is 9.77. The first-order chi connectivity index (χ1) is 8.83. The highest BCUT2D eigenvalue weighted by Gasteiger charge is 2.14. The number of aromatic amines is 1. The Hall–Kier alpha value is -2.14. The first-order valence-electron chi connectivity index (χ1n) is 5.78. The lowest BCUT2D eigenvalue weighted by atomic mass is 10.1. The molecule has 5 nitrogen and oxygen atoms in total. The van der Waals surface area contributed by atoms with Crippen molar-refractivity contribution in [3.8, 4) is 0 Å². The number of hydrogen-bond acceptors (Lipinski definition) is 3. The first-order valence-corrected chi connectivity index (χ1v) is 5.78. The minimum atomic E-state index is -0.0840. The normalized spacial score (nSPS) is 13.3. The third-order valence-electron chi connectivity index (χ3n) is 2.98. The number of hydrogen-bond donors (Lipinski definition) is 2. The molecule has 0 bridgehead atoms. The standard InChI is InChI=1S/C13H13N3O2/c17-13(15-5-12-4-14-8-16-12)9-1-2-10-6-18-7-11(10)3-9/h1-4,8H,5-7H2,(H,14,16)(H,15,17). The van der Waals surface area contributed by atoms with Gasteiger partial charge in [0, 0.05) is 11.8 Å². The van der Waals surface area contributed by atoms with E-state index in [9.17, 15) is 4.79 Å². The second-order valence-corrected chi connectivity index (χ2v) is 4.24. The Labute approximate surface area is 104 Å². The molecule has 0 radical (unpaired) electrons. The molecule has 0 unspecified atom stereocenters. The monoisotopic (exact) mass is 243 g/mol. The Bertz CT molecular complexity index is 564. The predicted molar refractivity (Wildman–Crippen MR) is 64.7 cm³/mol. The Kier molecular flexibility index (Phi) is 2.82. The number of ether oxygens (including phenoxy) is 1. The van der Waals surface area contributed by atoms with Gasteiger partial charge in [0.25, 0.3) is 5.91 Å². The SMILES string of the molecule is O=C(NCc1cnc[nH]1)c1ccc2c(c1)COC2. The summed E-state index contributed by atoms with van der Waals surface area (Å²) >= 11 is 0. The number of carbonyl (C=O) groups excluding carboxylic acids is 1. The van der Waals surface area contributed by atoms with Crippen LogP contribution in [0.2, 0.25) is 0 Å². The van der Waals surface area contributed by atoms with Gasteiger partial charge in [-0.25, -0.2) is 4.98 Å². The predicted octanol–water partition coefficient (Wildman–Crippen LogP) is 1.37. The van der Waals surface area contributed by atoms with Crippen molar-refractivity contribution in [2.45, 2.75) is 19.8 Å². The Balaban J connectivity index is 1.69. The maximum atomic E-state index is 12.0. The molecule has 2 N–H and O–H groups in total. The van der Waals surface area contributed by atoms with Gasteiger partial charge in [0.05, 0.1) is 31.8 Å². The summed E-state index contributed by atoms with van der Waals surface area (Å²) in [6.45, 7) is 1.69. The van der Waals surface area contributed by atoms with Gasteiger partial charge in [0.2, 0.25) is 0 Å². The van der Waals surface area contributed by atoms with E-state index in [4.69, 9.17) is 4.74 Å². The number of amides is 1. The van der Waals surface area contributed by atoms with E-state index < -0.39 is 0 Å². The van der Waals surface area contributed by atoms with Crippen molar-refractivity contribution < 1.29 is 9.53 Å². The summed E-state index contributed by atoms with van der Waals surface area (Å²) in [7, 11) is 0. The molecule has 92 valence electrons. The van der Waals surface area contributed by atoms with Gasteiger partial charge < -0.3 is 15.0 Å². The van der Waals surface area contributed by atoms with Gasteiger partial charge in [0.1, 0.15) is 0 Å². The highest BCUT2D eigenvalue weighted by atomic mass is 16.5. The average Bonchev–Trinajstić information content (AvgIpc) is 3.05. The fourth-order valence-corrected chi connectivity index (χ4v) is 1.97.